The molecule has 6 heteroatoms. The van der Waals surface area contributed by atoms with E-state index in [9.17, 15) is 0 Å². The Morgan fingerprint density at radius 2 is 2.00 bits per heavy atom. The molecule has 0 atom stereocenters. The summed E-state index contributed by atoms with van der Waals surface area (Å²) in [7, 11) is 0. The summed E-state index contributed by atoms with van der Waals surface area (Å²) in [6, 6.07) is 5.75. The predicted molar refractivity (Wildman–Crippen MR) is 101 cm³/mol. The van der Waals surface area contributed by atoms with Gasteiger partial charge in [0.05, 0.1) is 6.20 Å². The van der Waals surface area contributed by atoms with E-state index in [1.807, 2.05) is 35.7 Å². The van der Waals surface area contributed by atoms with Crippen LogP contribution in [0, 0.1) is 0 Å². The van der Waals surface area contributed by atoms with Crippen molar-refractivity contribution in [2.24, 2.45) is 0 Å². The van der Waals surface area contributed by atoms with E-state index < -0.39 is 0 Å². The van der Waals surface area contributed by atoms with Crippen molar-refractivity contribution in [1.82, 2.24) is 9.97 Å². The quantitative estimate of drug-likeness (QED) is 0.621. The van der Waals surface area contributed by atoms with Gasteiger partial charge in [0.2, 0.25) is 5.89 Å². The predicted octanol–water partition coefficient (Wildman–Crippen LogP) is 6.00. The fourth-order valence-electron chi connectivity index (χ4n) is 2.07. The Labute approximate surface area is 150 Å². The van der Waals surface area contributed by atoms with Gasteiger partial charge in [-0.05, 0) is 29.8 Å². The maximum Gasteiger partial charge on any atom is 0.218 e. The number of anilines is 2. The number of nitrogens with one attached hydrogen (secondary N) is 1. The summed E-state index contributed by atoms with van der Waals surface area (Å²) in [6.45, 7) is 6.28. The summed E-state index contributed by atoms with van der Waals surface area (Å²) < 4.78 is 5.76. The van der Waals surface area contributed by atoms with Crippen LogP contribution in [0.2, 0.25) is 5.02 Å². The largest absolute Gasteiger partial charge is 0.441 e. The Kier molecular flexibility index (Phi) is 4.73. The first-order valence-electron chi connectivity index (χ1n) is 7.52. The highest BCUT2D eigenvalue weighted by Gasteiger charge is 2.18. The van der Waals surface area contributed by atoms with Gasteiger partial charge in [-0.2, -0.15) is 0 Å². The van der Waals surface area contributed by atoms with Crippen LogP contribution in [0.25, 0.3) is 12.2 Å². The van der Waals surface area contributed by atoms with Crippen LogP contribution in [0.15, 0.2) is 40.4 Å². The third-order valence-electron chi connectivity index (χ3n) is 3.28. The number of hydrogen-bond acceptors (Lipinski definition) is 5. The van der Waals surface area contributed by atoms with Crippen molar-refractivity contribution < 1.29 is 4.42 Å². The van der Waals surface area contributed by atoms with Crippen LogP contribution in [-0.4, -0.2) is 9.97 Å². The SMILES string of the molecule is CC(C)(C)c1cnc(/C=C/c2cc(Cl)cc(Nc3nccs3)c2)o1. The van der Waals surface area contributed by atoms with Gasteiger partial charge in [-0.1, -0.05) is 32.4 Å². The zero-order chi connectivity index (χ0) is 17.2. The lowest BCUT2D eigenvalue weighted by Gasteiger charge is -2.12. The molecule has 0 spiro atoms. The highest BCUT2D eigenvalue weighted by molar-refractivity contribution is 7.13. The average molecular weight is 360 g/mol. The molecule has 0 unspecified atom stereocenters. The van der Waals surface area contributed by atoms with E-state index >= 15 is 0 Å². The van der Waals surface area contributed by atoms with E-state index in [1.54, 1.807) is 12.4 Å². The number of nitrogens with zero attached hydrogens (tertiary/aromatic N) is 2. The fourth-order valence-corrected chi connectivity index (χ4v) is 2.86. The van der Waals surface area contributed by atoms with Crippen molar-refractivity contribution in [3.05, 3.63) is 58.2 Å². The topological polar surface area (TPSA) is 51.0 Å². The molecule has 2 heterocycles. The van der Waals surface area contributed by atoms with Crippen molar-refractivity contribution in [3.8, 4) is 0 Å². The molecule has 0 aliphatic heterocycles. The van der Waals surface area contributed by atoms with Gasteiger partial charge in [0.1, 0.15) is 5.76 Å². The van der Waals surface area contributed by atoms with Gasteiger partial charge in [-0.15, -0.1) is 11.3 Å². The van der Waals surface area contributed by atoms with Gasteiger partial charge >= 0.3 is 0 Å². The lowest BCUT2D eigenvalue weighted by atomic mass is 9.94. The first-order valence-corrected chi connectivity index (χ1v) is 8.77. The smallest absolute Gasteiger partial charge is 0.218 e. The van der Waals surface area contributed by atoms with Crippen molar-refractivity contribution >= 4 is 45.9 Å². The van der Waals surface area contributed by atoms with E-state index in [1.165, 1.54) is 11.3 Å². The number of benzene rings is 1. The minimum absolute atomic E-state index is 0.0556. The molecule has 0 aliphatic rings. The Bertz CT molecular complexity index is 848. The second-order valence-electron chi connectivity index (χ2n) is 6.38. The molecule has 4 nitrogen and oxygen atoms in total. The molecule has 1 aromatic carbocycles. The van der Waals surface area contributed by atoms with Crippen LogP contribution in [0.1, 0.15) is 38.0 Å². The number of aromatic nitrogens is 2. The maximum atomic E-state index is 6.21. The van der Waals surface area contributed by atoms with Crippen molar-refractivity contribution in [1.29, 1.82) is 0 Å². The summed E-state index contributed by atoms with van der Waals surface area (Å²) in [4.78, 5) is 8.50. The van der Waals surface area contributed by atoms with Crippen LogP contribution in [0.5, 0.6) is 0 Å². The van der Waals surface area contributed by atoms with Gasteiger partial charge in [-0.3, -0.25) is 0 Å². The molecule has 0 amide bonds. The summed E-state index contributed by atoms with van der Waals surface area (Å²) in [5, 5.41) is 6.64. The first-order chi connectivity index (χ1) is 11.4. The van der Waals surface area contributed by atoms with E-state index in [0.717, 1.165) is 22.1 Å². The van der Waals surface area contributed by atoms with E-state index in [-0.39, 0.29) is 5.41 Å². The van der Waals surface area contributed by atoms with Gasteiger partial charge in [0.25, 0.3) is 0 Å². The summed E-state index contributed by atoms with van der Waals surface area (Å²) in [6.07, 6.45) is 7.30. The molecule has 2 aromatic heterocycles. The molecule has 0 saturated carbocycles. The van der Waals surface area contributed by atoms with Crippen LogP contribution >= 0.6 is 22.9 Å². The van der Waals surface area contributed by atoms with E-state index in [4.69, 9.17) is 16.0 Å². The Morgan fingerprint density at radius 1 is 1.17 bits per heavy atom. The average Bonchev–Trinajstić information content (AvgIpc) is 3.15. The Morgan fingerprint density at radius 3 is 2.67 bits per heavy atom. The zero-order valence-corrected chi connectivity index (χ0v) is 15.3. The molecule has 0 fully saturated rings. The standard InChI is InChI=1S/C18H18ClN3OS/c1-18(2,3)15-11-21-16(23-15)5-4-12-8-13(19)10-14(9-12)22-17-20-6-7-24-17/h4-11H,1-3H3,(H,20,22)/b5-4+. The molecule has 3 aromatic rings. The molecular weight excluding hydrogens is 342 g/mol. The third-order valence-corrected chi connectivity index (χ3v) is 4.19. The lowest BCUT2D eigenvalue weighted by Crippen LogP contribution is -2.09. The van der Waals surface area contributed by atoms with Gasteiger partial charge in [-0.25, -0.2) is 9.97 Å². The molecule has 3 rings (SSSR count). The van der Waals surface area contributed by atoms with Crippen molar-refractivity contribution in [3.63, 3.8) is 0 Å². The number of oxazole rings is 1. The maximum absolute atomic E-state index is 6.21. The molecule has 0 bridgehead atoms. The lowest BCUT2D eigenvalue weighted by molar-refractivity contribution is 0.403. The van der Waals surface area contributed by atoms with E-state index in [2.05, 4.69) is 36.1 Å². The highest BCUT2D eigenvalue weighted by Crippen LogP contribution is 2.26. The molecule has 124 valence electrons. The van der Waals surface area contributed by atoms with Gasteiger partial charge in [0, 0.05) is 33.8 Å². The second kappa shape index (κ2) is 6.79. The molecular formula is C18H18ClN3OS. The molecule has 24 heavy (non-hydrogen) atoms. The van der Waals surface area contributed by atoms with E-state index in [0.29, 0.717) is 10.9 Å². The number of hydrogen-bond donors (Lipinski definition) is 1. The first kappa shape index (κ1) is 16.7. The van der Waals surface area contributed by atoms with Crippen LogP contribution in [0.4, 0.5) is 10.8 Å². The third kappa shape index (κ3) is 4.24. The van der Waals surface area contributed by atoms with Crippen molar-refractivity contribution in [2.45, 2.75) is 26.2 Å². The van der Waals surface area contributed by atoms with Crippen LogP contribution < -0.4 is 5.32 Å². The summed E-state index contributed by atoms with van der Waals surface area (Å²) >= 11 is 7.74. The molecule has 0 radical (unpaired) electrons. The van der Waals surface area contributed by atoms with Gasteiger partial charge in [0.15, 0.2) is 5.13 Å². The normalized spacial score (nSPS) is 12.0. The molecule has 1 N–H and O–H groups in total. The second-order valence-corrected chi connectivity index (χ2v) is 7.71. The monoisotopic (exact) mass is 359 g/mol. The summed E-state index contributed by atoms with van der Waals surface area (Å²) in [5.74, 6) is 1.44. The minimum Gasteiger partial charge on any atom is -0.441 e. The number of thiazole rings is 1. The Hall–Kier alpha value is -2.11. The number of rotatable bonds is 4. The minimum atomic E-state index is -0.0556. The fraction of sp³-hybridized carbons (Fsp3) is 0.222. The van der Waals surface area contributed by atoms with Crippen LogP contribution in [-0.2, 0) is 5.41 Å². The number of halogens is 1. The van der Waals surface area contributed by atoms with Crippen molar-refractivity contribution in [2.75, 3.05) is 5.32 Å². The Balaban J connectivity index is 1.79. The summed E-state index contributed by atoms with van der Waals surface area (Å²) in [5.41, 5.74) is 1.79. The molecule has 0 saturated heterocycles. The van der Waals surface area contributed by atoms with Crippen LogP contribution in [0.3, 0.4) is 0 Å². The molecule has 0 aliphatic carbocycles. The zero-order valence-electron chi connectivity index (χ0n) is 13.7. The highest BCUT2D eigenvalue weighted by atomic mass is 35.5. The van der Waals surface area contributed by atoms with Gasteiger partial charge < -0.3 is 9.73 Å².